The summed E-state index contributed by atoms with van der Waals surface area (Å²) in [7, 11) is 0. The second kappa shape index (κ2) is 7.19. The summed E-state index contributed by atoms with van der Waals surface area (Å²) in [6, 6.07) is 15.6. The number of aromatic nitrogens is 3. The largest absolute Gasteiger partial charge is 0.369 e. The van der Waals surface area contributed by atoms with Gasteiger partial charge in [0.05, 0.1) is 6.54 Å². The van der Waals surface area contributed by atoms with Gasteiger partial charge in [-0.05, 0) is 25.5 Å². The van der Waals surface area contributed by atoms with Crippen LogP contribution in [0.5, 0.6) is 0 Å². The lowest BCUT2D eigenvalue weighted by molar-refractivity contribution is 0.0971. The van der Waals surface area contributed by atoms with Crippen molar-refractivity contribution in [3.63, 3.8) is 0 Å². The number of imidazole rings is 1. The molecule has 0 atom stereocenters. The van der Waals surface area contributed by atoms with Crippen LogP contribution < -0.4 is 5.73 Å². The number of nitriles is 2. The molecular formula is C20H18N6O. The van der Waals surface area contributed by atoms with Crippen LogP contribution in [0.3, 0.4) is 0 Å². The van der Waals surface area contributed by atoms with E-state index in [1.54, 1.807) is 0 Å². The van der Waals surface area contributed by atoms with Crippen LogP contribution in [0.25, 0.3) is 0 Å². The van der Waals surface area contributed by atoms with E-state index in [9.17, 15) is 10.1 Å². The first-order valence-corrected chi connectivity index (χ1v) is 8.36. The van der Waals surface area contributed by atoms with Crippen LogP contribution in [0.2, 0.25) is 0 Å². The lowest BCUT2D eigenvalue weighted by Crippen LogP contribution is -2.15. The van der Waals surface area contributed by atoms with E-state index < -0.39 is 0 Å². The number of hydrogen-bond donors (Lipinski definition) is 1. The van der Waals surface area contributed by atoms with Gasteiger partial charge >= 0.3 is 0 Å². The number of carbonyl (C=O) groups is 1. The van der Waals surface area contributed by atoms with Crippen LogP contribution in [0.1, 0.15) is 38.7 Å². The van der Waals surface area contributed by atoms with E-state index in [-0.39, 0.29) is 29.7 Å². The molecule has 7 nitrogen and oxygen atoms in total. The number of nitrogens with zero attached hydrogens (tertiary/aromatic N) is 5. The molecule has 0 amide bonds. The molecule has 2 heterocycles. The van der Waals surface area contributed by atoms with Crippen molar-refractivity contribution in [2.45, 2.75) is 26.9 Å². The third-order valence-corrected chi connectivity index (χ3v) is 4.57. The van der Waals surface area contributed by atoms with Crippen molar-refractivity contribution in [1.82, 2.24) is 14.1 Å². The van der Waals surface area contributed by atoms with Crippen LogP contribution in [0.15, 0.2) is 36.4 Å². The number of rotatable bonds is 5. The molecule has 0 unspecified atom stereocenters. The lowest BCUT2D eigenvalue weighted by Gasteiger charge is -2.10. The van der Waals surface area contributed by atoms with Crippen LogP contribution in [0.4, 0.5) is 5.95 Å². The molecule has 0 aliphatic rings. The second-order valence-corrected chi connectivity index (χ2v) is 6.26. The average Bonchev–Trinajstić information content (AvgIpc) is 3.13. The number of Topliss-reactive ketones (excluding diaryl/α,β-unsaturated/α-hetero) is 1. The summed E-state index contributed by atoms with van der Waals surface area (Å²) in [6.07, 6.45) is 0. The smallest absolute Gasteiger partial charge is 0.202 e. The zero-order chi connectivity index (χ0) is 19.6. The van der Waals surface area contributed by atoms with Gasteiger partial charge in [-0.25, -0.2) is 4.98 Å². The molecule has 0 bridgehead atoms. The van der Waals surface area contributed by atoms with Gasteiger partial charge in [0.2, 0.25) is 5.95 Å². The third kappa shape index (κ3) is 3.31. The number of ketones is 1. The summed E-state index contributed by atoms with van der Waals surface area (Å²) >= 11 is 0. The predicted octanol–water partition coefficient (Wildman–Crippen LogP) is 2.56. The van der Waals surface area contributed by atoms with Gasteiger partial charge in [-0.3, -0.25) is 9.36 Å². The molecule has 0 fully saturated rings. The summed E-state index contributed by atoms with van der Waals surface area (Å²) in [5.74, 6) is -0.206. The van der Waals surface area contributed by atoms with Crippen LogP contribution >= 0.6 is 0 Å². The molecule has 0 saturated carbocycles. The van der Waals surface area contributed by atoms with Crippen LogP contribution in [-0.2, 0) is 13.1 Å². The molecule has 2 aromatic heterocycles. The van der Waals surface area contributed by atoms with Crippen molar-refractivity contribution in [2.75, 3.05) is 5.73 Å². The molecule has 7 heteroatoms. The Labute approximate surface area is 156 Å². The van der Waals surface area contributed by atoms with E-state index in [4.69, 9.17) is 11.0 Å². The van der Waals surface area contributed by atoms with E-state index in [2.05, 4.69) is 9.55 Å². The summed E-state index contributed by atoms with van der Waals surface area (Å²) in [6.45, 7) is 4.37. The topological polar surface area (TPSA) is 113 Å². The molecule has 27 heavy (non-hydrogen) atoms. The molecule has 0 aliphatic carbocycles. The Kier molecular flexibility index (Phi) is 4.78. The van der Waals surface area contributed by atoms with Gasteiger partial charge < -0.3 is 10.3 Å². The van der Waals surface area contributed by atoms with Crippen molar-refractivity contribution >= 4 is 11.7 Å². The third-order valence-electron chi connectivity index (χ3n) is 4.57. The molecule has 3 rings (SSSR count). The number of carbonyl (C=O) groups excluding carboxylic acids is 1. The number of hydrogen-bond acceptors (Lipinski definition) is 5. The number of aryl methyl sites for hydroxylation is 1. The highest BCUT2D eigenvalue weighted by molar-refractivity contribution is 5.97. The zero-order valence-electron chi connectivity index (χ0n) is 15.1. The minimum atomic E-state index is -0.187. The monoisotopic (exact) mass is 358 g/mol. The Morgan fingerprint density at radius 1 is 1.15 bits per heavy atom. The van der Waals surface area contributed by atoms with Gasteiger partial charge in [-0.2, -0.15) is 10.5 Å². The Hall–Kier alpha value is -3.84. The zero-order valence-corrected chi connectivity index (χ0v) is 15.1. The Morgan fingerprint density at radius 3 is 2.48 bits per heavy atom. The quantitative estimate of drug-likeness (QED) is 0.704. The van der Waals surface area contributed by atoms with Crippen molar-refractivity contribution in [2.24, 2.45) is 0 Å². The first kappa shape index (κ1) is 18.0. The van der Waals surface area contributed by atoms with Gasteiger partial charge in [0.15, 0.2) is 17.2 Å². The molecule has 0 spiro atoms. The van der Waals surface area contributed by atoms with E-state index in [0.29, 0.717) is 12.1 Å². The van der Waals surface area contributed by atoms with E-state index in [0.717, 1.165) is 17.0 Å². The van der Waals surface area contributed by atoms with Gasteiger partial charge in [0.25, 0.3) is 0 Å². The maximum absolute atomic E-state index is 12.9. The van der Waals surface area contributed by atoms with E-state index in [1.807, 2.05) is 62.4 Å². The first-order valence-electron chi connectivity index (χ1n) is 8.36. The highest BCUT2D eigenvalue weighted by atomic mass is 16.1. The number of benzene rings is 1. The van der Waals surface area contributed by atoms with Gasteiger partial charge in [0, 0.05) is 23.5 Å². The lowest BCUT2D eigenvalue weighted by atomic mass is 10.1. The summed E-state index contributed by atoms with van der Waals surface area (Å²) in [4.78, 5) is 16.7. The Bertz CT molecular complexity index is 1090. The van der Waals surface area contributed by atoms with Crippen molar-refractivity contribution in [1.29, 1.82) is 10.5 Å². The standard InChI is InChI=1S/C20H18N6O/c1-13-8-16(14(2)25(13)11-15-6-4-3-5-7-15)19(27)12-26-18(10-22)17(9-21)24-20(26)23/h3-8H,11-12H2,1-2H3,(H2,23,24). The van der Waals surface area contributed by atoms with Gasteiger partial charge in [-0.1, -0.05) is 30.3 Å². The summed E-state index contributed by atoms with van der Waals surface area (Å²) < 4.78 is 3.36. The predicted molar refractivity (Wildman–Crippen MR) is 99.8 cm³/mol. The molecule has 0 radical (unpaired) electrons. The summed E-state index contributed by atoms with van der Waals surface area (Å²) in [5.41, 5.74) is 9.24. The first-order chi connectivity index (χ1) is 13.0. The fraction of sp³-hybridized carbons (Fsp3) is 0.200. The second-order valence-electron chi connectivity index (χ2n) is 6.26. The highest BCUT2D eigenvalue weighted by Crippen LogP contribution is 2.20. The molecule has 0 saturated heterocycles. The molecule has 0 aliphatic heterocycles. The molecule has 3 aromatic rings. The normalized spacial score (nSPS) is 10.4. The van der Waals surface area contributed by atoms with Crippen LogP contribution in [-0.4, -0.2) is 19.9 Å². The summed E-state index contributed by atoms with van der Waals surface area (Å²) in [5, 5.41) is 18.3. The molecule has 1 aromatic carbocycles. The fourth-order valence-electron chi connectivity index (χ4n) is 3.14. The molecular weight excluding hydrogens is 340 g/mol. The SMILES string of the molecule is Cc1cc(C(=O)Cn2c(N)nc(C#N)c2C#N)c(C)n1Cc1ccccc1. The van der Waals surface area contributed by atoms with Gasteiger partial charge in [0.1, 0.15) is 12.1 Å². The maximum atomic E-state index is 12.9. The van der Waals surface area contributed by atoms with Gasteiger partial charge in [-0.15, -0.1) is 0 Å². The molecule has 2 N–H and O–H groups in total. The number of nitrogens with two attached hydrogens (primary N) is 1. The minimum absolute atomic E-state index is 0.00134. The van der Waals surface area contributed by atoms with Crippen molar-refractivity contribution < 1.29 is 4.79 Å². The molecule has 134 valence electrons. The fourth-order valence-corrected chi connectivity index (χ4v) is 3.14. The number of nitrogen functional groups attached to an aromatic ring is 1. The van der Waals surface area contributed by atoms with Crippen LogP contribution in [0, 0.1) is 36.5 Å². The van der Waals surface area contributed by atoms with E-state index >= 15 is 0 Å². The Morgan fingerprint density at radius 2 is 1.85 bits per heavy atom. The van der Waals surface area contributed by atoms with Crippen molar-refractivity contribution in [3.8, 4) is 12.1 Å². The highest BCUT2D eigenvalue weighted by Gasteiger charge is 2.21. The maximum Gasteiger partial charge on any atom is 0.202 e. The van der Waals surface area contributed by atoms with E-state index in [1.165, 1.54) is 4.57 Å². The number of anilines is 1. The average molecular weight is 358 g/mol. The minimum Gasteiger partial charge on any atom is -0.369 e. The Balaban J connectivity index is 1.91. The van der Waals surface area contributed by atoms with Crippen molar-refractivity contribution in [3.05, 3.63) is 70.3 Å².